The van der Waals surface area contributed by atoms with Gasteiger partial charge in [0.2, 0.25) is 5.95 Å². The first kappa shape index (κ1) is 12.3. The zero-order chi connectivity index (χ0) is 13.4. The van der Waals surface area contributed by atoms with Crippen molar-refractivity contribution in [1.29, 1.82) is 0 Å². The number of fused-ring (bicyclic) bond motifs is 1. The van der Waals surface area contributed by atoms with Gasteiger partial charge in [0.1, 0.15) is 15.7 Å². The Balaban J connectivity index is 1.91. The van der Waals surface area contributed by atoms with E-state index in [0.29, 0.717) is 12.5 Å². The van der Waals surface area contributed by atoms with Crippen molar-refractivity contribution >= 4 is 44.7 Å². The van der Waals surface area contributed by atoms with Crippen molar-refractivity contribution in [3.8, 4) is 0 Å². The van der Waals surface area contributed by atoms with E-state index in [2.05, 4.69) is 33.3 Å². The van der Waals surface area contributed by atoms with Crippen LogP contribution in [0.4, 0.5) is 11.8 Å². The van der Waals surface area contributed by atoms with E-state index in [0.717, 1.165) is 26.7 Å². The van der Waals surface area contributed by atoms with Crippen molar-refractivity contribution < 1.29 is 0 Å². The van der Waals surface area contributed by atoms with Crippen LogP contribution in [0.2, 0.25) is 0 Å². The first-order chi connectivity index (χ1) is 9.11. The van der Waals surface area contributed by atoms with Gasteiger partial charge in [-0.1, -0.05) is 0 Å². The zero-order valence-electron chi connectivity index (χ0n) is 10.6. The third-order valence-corrected chi connectivity index (χ3v) is 4.52. The van der Waals surface area contributed by atoms with Crippen molar-refractivity contribution in [3.05, 3.63) is 27.0 Å². The lowest BCUT2D eigenvalue weighted by Crippen LogP contribution is -2.04. The Hall–Kier alpha value is -1.73. The molecule has 0 aliphatic carbocycles. The van der Waals surface area contributed by atoms with Crippen LogP contribution in [0.25, 0.3) is 10.2 Å². The predicted octanol–water partition coefficient (Wildman–Crippen LogP) is 2.96. The molecule has 0 unspecified atom stereocenters. The van der Waals surface area contributed by atoms with E-state index in [1.54, 1.807) is 22.7 Å². The number of nitrogens with one attached hydrogen (secondary N) is 1. The molecule has 19 heavy (non-hydrogen) atoms. The van der Waals surface area contributed by atoms with Crippen molar-refractivity contribution in [1.82, 2.24) is 15.0 Å². The molecule has 0 radical (unpaired) electrons. The average molecular weight is 291 g/mol. The number of aryl methyl sites for hydroxylation is 2. The molecule has 0 spiro atoms. The van der Waals surface area contributed by atoms with Gasteiger partial charge in [0.05, 0.1) is 11.9 Å². The molecule has 0 amide bonds. The monoisotopic (exact) mass is 291 g/mol. The molecule has 3 rings (SSSR count). The number of rotatable bonds is 3. The number of thiazole rings is 1. The molecule has 3 aromatic rings. The van der Waals surface area contributed by atoms with Gasteiger partial charge in [-0.3, -0.25) is 0 Å². The standard InChI is InChI=1S/C12H13N5S2/c1-6-5-18-9(15-6)4-14-10-8-3-7(2)19-11(8)17-12(13)16-10/h3,5H,4H2,1-2H3,(H3,13,14,16,17). The second kappa shape index (κ2) is 4.75. The second-order valence-electron chi connectivity index (χ2n) is 4.24. The van der Waals surface area contributed by atoms with E-state index in [-0.39, 0.29) is 0 Å². The summed E-state index contributed by atoms with van der Waals surface area (Å²) in [5, 5.41) is 7.39. The molecular formula is C12H13N5S2. The summed E-state index contributed by atoms with van der Waals surface area (Å²) in [6, 6.07) is 2.08. The van der Waals surface area contributed by atoms with Gasteiger partial charge in [0, 0.05) is 16.0 Å². The van der Waals surface area contributed by atoms with Crippen LogP contribution in [0.5, 0.6) is 0 Å². The number of hydrogen-bond donors (Lipinski definition) is 2. The molecule has 0 saturated heterocycles. The number of nitrogen functional groups attached to an aromatic ring is 1. The van der Waals surface area contributed by atoms with Gasteiger partial charge in [-0.25, -0.2) is 9.97 Å². The minimum atomic E-state index is 0.298. The highest BCUT2D eigenvalue weighted by Gasteiger charge is 2.09. The van der Waals surface area contributed by atoms with Gasteiger partial charge in [0.15, 0.2) is 0 Å². The molecule has 3 N–H and O–H groups in total. The molecule has 0 aromatic carbocycles. The fourth-order valence-corrected chi connectivity index (χ4v) is 3.43. The highest BCUT2D eigenvalue weighted by molar-refractivity contribution is 7.18. The Labute approximate surface area is 118 Å². The highest BCUT2D eigenvalue weighted by Crippen LogP contribution is 2.29. The quantitative estimate of drug-likeness (QED) is 0.776. The predicted molar refractivity (Wildman–Crippen MR) is 80.7 cm³/mol. The normalized spacial score (nSPS) is 11.1. The Morgan fingerprint density at radius 3 is 2.84 bits per heavy atom. The van der Waals surface area contributed by atoms with Crippen LogP contribution in [0, 0.1) is 13.8 Å². The van der Waals surface area contributed by atoms with Crippen LogP contribution >= 0.6 is 22.7 Å². The Morgan fingerprint density at radius 2 is 2.11 bits per heavy atom. The number of thiophene rings is 1. The number of nitrogens with two attached hydrogens (primary N) is 1. The third-order valence-electron chi connectivity index (χ3n) is 2.61. The highest BCUT2D eigenvalue weighted by atomic mass is 32.1. The van der Waals surface area contributed by atoms with Gasteiger partial charge >= 0.3 is 0 Å². The van der Waals surface area contributed by atoms with Crippen molar-refractivity contribution in [2.75, 3.05) is 11.1 Å². The second-order valence-corrected chi connectivity index (χ2v) is 6.42. The Bertz CT molecular complexity index is 731. The summed E-state index contributed by atoms with van der Waals surface area (Å²) in [5.41, 5.74) is 6.78. The van der Waals surface area contributed by atoms with Crippen LogP contribution in [-0.2, 0) is 6.54 Å². The largest absolute Gasteiger partial charge is 0.368 e. The Morgan fingerprint density at radius 1 is 1.26 bits per heavy atom. The minimum absolute atomic E-state index is 0.298. The molecule has 0 fully saturated rings. The lowest BCUT2D eigenvalue weighted by atomic mass is 10.3. The number of aromatic nitrogens is 3. The fourth-order valence-electron chi connectivity index (χ4n) is 1.84. The van der Waals surface area contributed by atoms with Gasteiger partial charge < -0.3 is 11.1 Å². The summed E-state index contributed by atoms with van der Waals surface area (Å²) in [4.78, 5) is 15.1. The van der Waals surface area contributed by atoms with Crippen LogP contribution in [0.15, 0.2) is 11.4 Å². The first-order valence-electron chi connectivity index (χ1n) is 5.80. The fraction of sp³-hybridized carbons (Fsp3) is 0.250. The summed E-state index contributed by atoms with van der Waals surface area (Å²) >= 11 is 3.26. The minimum Gasteiger partial charge on any atom is -0.368 e. The van der Waals surface area contributed by atoms with E-state index >= 15 is 0 Å². The summed E-state index contributed by atoms with van der Waals surface area (Å²) in [6.45, 7) is 4.69. The van der Waals surface area contributed by atoms with Gasteiger partial charge in [-0.05, 0) is 19.9 Å². The molecule has 0 saturated carbocycles. The van der Waals surface area contributed by atoms with Crippen LogP contribution < -0.4 is 11.1 Å². The molecule has 3 aromatic heterocycles. The van der Waals surface area contributed by atoms with E-state index in [9.17, 15) is 0 Å². The molecule has 0 atom stereocenters. The topological polar surface area (TPSA) is 76.7 Å². The van der Waals surface area contributed by atoms with Crippen LogP contribution in [0.3, 0.4) is 0 Å². The maximum absolute atomic E-state index is 5.74. The molecule has 98 valence electrons. The smallest absolute Gasteiger partial charge is 0.223 e. The molecule has 5 nitrogen and oxygen atoms in total. The first-order valence-corrected chi connectivity index (χ1v) is 7.50. The molecular weight excluding hydrogens is 278 g/mol. The Kier molecular flexibility index (Phi) is 3.08. The third kappa shape index (κ3) is 2.52. The number of nitrogens with zero attached hydrogens (tertiary/aromatic N) is 3. The lowest BCUT2D eigenvalue weighted by molar-refractivity contribution is 1.06. The average Bonchev–Trinajstić information content (AvgIpc) is 2.91. The molecule has 7 heteroatoms. The number of hydrogen-bond acceptors (Lipinski definition) is 7. The SMILES string of the molecule is Cc1csc(CNc2nc(N)nc3sc(C)cc23)n1. The van der Waals surface area contributed by atoms with E-state index in [4.69, 9.17) is 5.73 Å². The van der Waals surface area contributed by atoms with Crippen LogP contribution in [-0.4, -0.2) is 15.0 Å². The lowest BCUT2D eigenvalue weighted by Gasteiger charge is -2.05. The van der Waals surface area contributed by atoms with Crippen molar-refractivity contribution in [3.63, 3.8) is 0 Å². The molecule has 3 heterocycles. The van der Waals surface area contributed by atoms with Crippen molar-refractivity contribution in [2.24, 2.45) is 0 Å². The van der Waals surface area contributed by atoms with Gasteiger partial charge in [-0.15, -0.1) is 22.7 Å². The maximum Gasteiger partial charge on any atom is 0.223 e. The van der Waals surface area contributed by atoms with Crippen LogP contribution in [0.1, 0.15) is 15.6 Å². The van der Waals surface area contributed by atoms with E-state index < -0.39 is 0 Å². The number of anilines is 2. The van der Waals surface area contributed by atoms with Gasteiger partial charge in [-0.2, -0.15) is 4.98 Å². The summed E-state index contributed by atoms with van der Waals surface area (Å²) in [5.74, 6) is 1.08. The maximum atomic E-state index is 5.74. The van der Waals surface area contributed by atoms with Gasteiger partial charge in [0.25, 0.3) is 0 Å². The van der Waals surface area contributed by atoms with E-state index in [1.807, 2.05) is 12.3 Å². The molecule has 0 aliphatic heterocycles. The zero-order valence-corrected chi connectivity index (χ0v) is 12.2. The molecule has 0 aliphatic rings. The molecule has 0 bridgehead atoms. The summed E-state index contributed by atoms with van der Waals surface area (Å²) in [7, 11) is 0. The summed E-state index contributed by atoms with van der Waals surface area (Å²) < 4.78 is 0. The summed E-state index contributed by atoms with van der Waals surface area (Å²) in [6.07, 6.45) is 0. The van der Waals surface area contributed by atoms with Crippen molar-refractivity contribution in [2.45, 2.75) is 20.4 Å². The van der Waals surface area contributed by atoms with E-state index in [1.165, 1.54) is 4.88 Å².